The summed E-state index contributed by atoms with van der Waals surface area (Å²) in [6.45, 7) is 4.10. The second-order valence-corrected chi connectivity index (χ2v) is 9.44. The lowest BCUT2D eigenvalue weighted by Gasteiger charge is -2.27. The van der Waals surface area contributed by atoms with Crippen molar-refractivity contribution in [2.45, 2.75) is 19.9 Å². The zero-order valence-electron chi connectivity index (χ0n) is 20.0. The van der Waals surface area contributed by atoms with Crippen molar-refractivity contribution in [1.82, 2.24) is 0 Å². The minimum Gasteiger partial charge on any atom is -0.454 e. The highest BCUT2D eigenvalue weighted by molar-refractivity contribution is 8.14. The number of fused-ring (bicyclic) bond motifs is 1. The van der Waals surface area contributed by atoms with E-state index < -0.39 is 0 Å². The lowest BCUT2D eigenvalue weighted by molar-refractivity contribution is -0.116. The Hall–Kier alpha value is -4.04. The zero-order chi connectivity index (χ0) is 25.1. The highest BCUT2D eigenvalue weighted by atomic mass is 32.2. The first-order valence-electron chi connectivity index (χ1n) is 11.6. The first-order chi connectivity index (χ1) is 17.5. The third-order valence-electron chi connectivity index (χ3n) is 5.69. The molecule has 3 aromatic carbocycles. The molecule has 0 aliphatic carbocycles. The first-order valence-corrected chi connectivity index (χ1v) is 12.6. The fourth-order valence-electron chi connectivity index (χ4n) is 4.07. The van der Waals surface area contributed by atoms with Gasteiger partial charge in [0.2, 0.25) is 12.7 Å². The summed E-state index contributed by atoms with van der Waals surface area (Å²) in [7, 11) is 0. The number of amides is 2. The van der Waals surface area contributed by atoms with Gasteiger partial charge in [-0.1, -0.05) is 60.3 Å². The second-order valence-electron chi connectivity index (χ2n) is 8.49. The smallest absolute Gasteiger partial charge is 0.283 e. The Morgan fingerprint density at radius 1 is 1.03 bits per heavy atom. The summed E-state index contributed by atoms with van der Waals surface area (Å²) in [6.07, 6.45) is 1.75. The number of amidine groups is 1. The molecular formula is C28H25N3O4S. The lowest BCUT2D eigenvalue weighted by Crippen LogP contribution is -2.39. The van der Waals surface area contributed by atoms with Crippen LogP contribution in [0.1, 0.15) is 19.4 Å². The van der Waals surface area contributed by atoms with Gasteiger partial charge in [0, 0.05) is 17.8 Å². The van der Waals surface area contributed by atoms with Gasteiger partial charge in [0.25, 0.3) is 5.91 Å². The summed E-state index contributed by atoms with van der Waals surface area (Å²) in [4.78, 5) is 34.7. The number of carbonyl (C=O) groups is 2. The number of hydrogen-bond donors (Lipinski definition) is 0. The highest BCUT2D eigenvalue weighted by Gasteiger charge is 2.34. The zero-order valence-corrected chi connectivity index (χ0v) is 20.8. The van der Waals surface area contributed by atoms with Crippen molar-refractivity contribution in [1.29, 1.82) is 0 Å². The van der Waals surface area contributed by atoms with Crippen molar-refractivity contribution in [3.63, 3.8) is 0 Å². The van der Waals surface area contributed by atoms with Crippen molar-refractivity contribution in [3.8, 4) is 11.5 Å². The van der Waals surface area contributed by atoms with Crippen molar-refractivity contribution in [3.05, 3.63) is 90.1 Å². The Labute approximate surface area is 214 Å². The number of aliphatic imine (C=N–C) groups is 1. The Balaban J connectivity index is 1.44. The normalized spacial score (nSPS) is 15.5. The van der Waals surface area contributed by atoms with E-state index >= 15 is 0 Å². The molecule has 0 saturated heterocycles. The van der Waals surface area contributed by atoms with Crippen LogP contribution >= 0.6 is 11.8 Å². The maximum atomic E-state index is 13.5. The van der Waals surface area contributed by atoms with Crippen LogP contribution in [0.4, 0.5) is 11.4 Å². The molecule has 8 heteroatoms. The summed E-state index contributed by atoms with van der Waals surface area (Å²) in [5, 5.41) is 0.436. The van der Waals surface area contributed by atoms with Gasteiger partial charge in [0.15, 0.2) is 16.7 Å². The van der Waals surface area contributed by atoms with E-state index in [2.05, 4.69) is 4.99 Å². The average Bonchev–Trinajstić information content (AvgIpc) is 3.47. The van der Waals surface area contributed by atoms with Crippen LogP contribution in [-0.2, 0) is 9.59 Å². The van der Waals surface area contributed by atoms with Gasteiger partial charge in [-0.15, -0.1) is 0 Å². The second kappa shape index (κ2) is 10.3. The van der Waals surface area contributed by atoms with E-state index in [4.69, 9.17) is 9.47 Å². The lowest BCUT2D eigenvalue weighted by atomic mass is 10.2. The molecule has 182 valence electrons. The van der Waals surface area contributed by atoms with Gasteiger partial charge in [-0.3, -0.25) is 14.5 Å². The number of ether oxygens (including phenoxy) is 2. The van der Waals surface area contributed by atoms with Crippen molar-refractivity contribution in [2.75, 3.05) is 22.3 Å². The fourth-order valence-corrected chi connectivity index (χ4v) is 4.94. The molecule has 0 radical (unpaired) electrons. The molecule has 2 amide bonds. The Morgan fingerprint density at radius 2 is 1.72 bits per heavy atom. The minimum absolute atomic E-state index is 0.0221. The molecule has 2 heterocycles. The molecule has 7 nitrogen and oxygen atoms in total. The number of para-hydroxylation sites is 1. The van der Waals surface area contributed by atoms with Gasteiger partial charge in [0.1, 0.15) is 5.70 Å². The average molecular weight is 500 g/mol. The van der Waals surface area contributed by atoms with Gasteiger partial charge in [-0.05, 0) is 49.8 Å². The number of nitrogens with zero attached hydrogens (tertiary/aromatic N) is 3. The van der Waals surface area contributed by atoms with Crippen LogP contribution < -0.4 is 19.3 Å². The van der Waals surface area contributed by atoms with Crippen molar-refractivity contribution < 1.29 is 19.1 Å². The number of benzene rings is 3. The molecule has 0 atom stereocenters. The van der Waals surface area contributed by atoms with Crippen molar-refractivity contribution >= 4 is 46.2 Å². The monoisotopic (exact) mass is 499 g/mol. The molecule has 0 N–H and O–H groups in total. The minimum atomic E-state index is -0.267. The van der Waals surface area contributed by atoms with E-state index in [-0.39, 0.29) is 30.4 Å². The Kier molecular flexibility index (Phi) is 6.77. The van der Waals surface area contributed by atoms with E-state index in [0.717, 1.165) is 11.3 Å². The van der Waals surface area contributed by atoms with Crippen LogP contribution in [0.2, 0.25) is 0 Å². The third kappa shape index (κ3) is 4.85. The van der Waals surface area contributed by atoms with Crippen LogP contribution in [0, 0.1) is 0 Å². The van der Waals surface area contributed by atoms with Gasteiger partial charge in [0.05, 0.1) is 11.4 Å². The standard InChI is InChI=1S/C28H25N3O4S/c1-19(2)30(21-11-7-4-8-12-21)26(32)17-36-28-29-23(15-20-9-5-3-6-10-20)27(33)31(28)22-13-14-24-25(16-22)35-18-34-24/h3-16,19H,17-18H2,1-2H3/b23-15+. The summed E-state index contributed by atoms with van der Waals surface area (Å²) >= 11 is 1.24. The van der Waals surface area contributed by atoms with E-state index in [0.29, 0.717) is 28.1 Å². The molecular weight excluding hydrogens is 474 g/mol. The first kappa shape index (κ1) is 23.7. The van der Waals surface area contributed by atoms with Gasteiger partial charge >= 0.3 is 0 Å². The predicted molar refractivity (Wildman–Crippen MR) is 143 cm³/mol. The van der Waals surface area contributed by atoms with Crippen molar-refractivity contribution in [2.24, 2.45) is 4.99 Å². The summed E-state index contributed by atoms with van der Waals surface area (Å²) in [6, 6.07) is 24.4. The Morgan fingerprint density at radius 3 is 2.44 bits per heavy atom. The molecule has 36 heavy (non-hydrogen) atoms. The maximum absolute atomic E-state index is 13.5. The van der Waals surface area contributed by atoms with E-state index in [1.54, 1.807) is 29.2 Å². The van der Waals surface area contributed by atoms with Gasteiger partial charge in [-0.25, -0.2) is 4.99 Å². The predicted octanol–water partition coefficient (Wildman–Crippen LogP) is 5.33. The molecule has 2 aliphatic rings. The molecule has 0 spiro atoms. The number of anilines is 2. The quantitative estimate of drug-likeness (QED) is 0.429. The van der Waals surface area contributed by atoms with E-state index in [9.17, 15) is 9.59 Å². The highest BCUT2D eigenvalue weighted by Crippen LogP contribution is 2.38. The number of carbonyl (C=O) groups excluding carboxylic acids is 2. The molecule has 0 fully saturated rings. The van der Waals surface area contributed by atoms with Gasteiger partial charge in [-0.2, -0.15) is 0 Å². The molecule has 0 unspecified atom stereocenters. The van der Waals surface area contributed by atoms with Crippen LogP contribution in [0.5, 0.6) is 11.5 Å². The summed E-state index contributed by atoms with van der Waals surface area (Å²) in [5.41, 5.74) is 2.60. The van der Waals surface area contributed by atoms with Crippen LogP contribution in [0.25, 0.3) is 6.08 Å². The van der Waals surface area contributed by atoms with Gasteiger partial charge < -0.3 is 14.4 Å². The summed E-state index contributed by atoms with van der Waals surface area (Å²) in [5.74, 6) is 0.983. The molecule has 0 aromatic heterocycles. The fraction of sp³-hybridized carbons (Fsp3) is 0.179. The third-order valence-corrected chi connectivity index (χ3v) is 6.61. The Bertz CT molecular complexity index is 1340. The number of thioether (sulfide) groups is 1. The SMILES string of the molecule is CC(C)N(C(=O)CSC1=N/C(=C/c2ccccc2)C(=O)N1c1ccc2c(c1)OCO2)c1ccccc1. The molecule has 3 aromatic rings. The van der Waals surface area contributed by atoms with Crippen LogP contribution in [0.15, 0.2) is 89.6 Å². The number of rotatable bonds is 6. The largest absolute Gasteiger partial charge is 0.454 e. The van der Waals surface area contributed by atoms with Crippen LogP contribution in [0.3, 0.4) is 0 Å². The maximum Gasteiger partial charge on any atom is 0.283 e. The molecule has 5 rings (SSSR count). The molecule has 2 aliphatic heterocycles. The van der Waals surface area contributed by atoms with E-state index in [1.165, 1.54) is 16.7 Å². The molecule has 0 bridgehead atoms. The topological polar surface area (TPSA) is 71.4 Å². The van der Waals surface area contributed by atoms with Crippen LogP contribution in [-0.4, -0.2) is 35.6 Å². The van der Waals surface area contributed by atoms with E-state index in [1.807, 2.05) is 74.5 Å². The number of hydrogen-bond acceptors (Lipinski definition) is 6. The molecule has 0 saturated carbocycles. The summed E-state index contributed by atoms with van der Waals surface area (Å²) < 4.78 is 10.9.